The number of aromatic hydroxyl groups is 3. The normalized spacial score (nSPS) is 12.5. The molecular weight excluding hydrogens is 811 g/mol. The van der Waals surface area contributed by atoms with Crippen molar-refractivity contribution in [1.82, 2.24) is 16.0 Å². The van der Waals surface area contributed by atoms with Crippen LogP contribution in [0.4, 0.5) is 43.4 Å². The van der Waals surface area contributed by atoms with Gasteiger partial charge in [-0.1, -0.05) is 31.4 Å². The largest absolute Gasteiger partial charge is 0.505 e. The maximum atomic E-state index is 13.2. The van der Waals surface area contributed by atoms with Gasteiger partial charge in [-0.3, -0.25) is 0 Å². The second-order valence-electron chi connectivity index (χ2n) is 13.1. The highest BCUT2D eigenvalue weighted by molar-refractivity contribution is 7.80. The molecule has 0 radical (unpaired) electrons. The summed E-state index contributed by atoms with van der Waals surface area (Å²) in [6, 6.07) is 16.7. The van der Waals surface area contributed by atoms with Crippen LogP contribution in [0.2, 0.25) is 0 Å². The van der Waals surface area contributed by atoms with Crippen LogP contribution in [0.25, 0.3) is 0 Å². The molecule has 0 spiro atoms. The van der Waals surface area contributed by atoms with Crippen LogP contribution in [-0.4, -0.2) is 43.2 Å². The van der Waals surface area contributed by atoms with Gasteiger partial charge in [-0.15, -0.1) is 0 Å². The van der Waals surface area contributed by atoms with Crippen LogP contribution in [0.3, 0.4) is 0 Å². The van der Waals surface area contributed by atoms with E-state index in [0.29, 0.717) is 38.8 Å². The van der Waals surface area contributed by atoms with Crippen LogP contribution >= 0.6 is 36.7 Å². The van der Waals surface area contributed by atoms with Crippen molar-refractivity contribution in [1.29, 1.82) is 0 Å². The SMILES string of the molecule is CC(C)NC(=S)Nc1ccc(O)c(F)c1.Oc1ccc(NC(=S)NCC2CCCCC2)cc1F.Oc1ccc(NC(=S)NCc2ccc(C(F)(F)F)cc2)cc1F. The molecule has 0 bridgehead atoms. The number of hydrogen-bond donors (Lipinski definition) is 9. The second-order valence-corrected chi connectivity index (χ2v) is 14.3. The number of phenolic OH excluding ortho intramolecular Hbond substituents is 3. The minimum atomic E-state index is -4.37. The minimum absolute atomic E-state index is 0.176. The van der Waals surface area contributed by atoms with Gasteiger partial charge in [0.15, 0.2) is 50.0 Å². The zero-order valence-corrected chi connectivity index (χ0v) is 33.4. The number of nitrogens with one attached hydrogen (secondary N) is 6. The number of anilines is 3. The monoisotopic (exact) mass is 854 g/mol. The summed E-state index contributed by atoms with van der Waals surface area (Å²) in [5.41, 5.74) is 1.27. The van der Waals surface area contributed by atoms with Gasteiger partial charge in [0.2, 0.25) is 0 Å². The van der Waals surface area contributed by atoms with Crippen LogP contribution in [0, 0.1) is 23.4 Å². The van der Waals surface area contributed by atoms with Crippen LogP contribution in [0.1, 0.15) is 57.1 Å². The highest BCUT2D eigenvalue weighted by atomic mass is 32.1. The predicted molar refractivity (Wildman–Crippen MR) is 224 cm³/mol. The summed E-state index contributed by atoms with van der Waals surface area (Å²) < 4.78 is 76.6. The molecule has 0 amide bonds. The van der Waals surface area contributed by atoms with E-state index in [1.807, 2.05) is 13.8 Å². The van der Waals surface area contributed by atoms with Crippen molar-refractivity contribution >= 4 is 69.1 Å². The number of thiocarbonyl (C=S) groups is 3. The lowest BCUT2D eigenvalue weighted by Gasteiger charge is -2.22. The van der Waals surface area contributed by atoms with Crippen molar-refractivity contribution in [3.63, 3.8) is 0 Å². The van der Waals surface area contributed by atoms with Crippen molar-refractivity contribution < 1.29 is 41.7 Å². The molecule has 57 heavy (non-hydrogen) atoms. The molecule has 1 fully saturated rings. The third kappa shape index (κ3) is 17.3. The molecule has 1 aliphatic rings. The van der Waals surface area contributed by atoms with Crippen LogP contribution in [0.5, 0.6) is 17.2 Å². The summed E-state index contributed by atoms with van der Waals surface area (Å²) in [5, 5.41) is 45.6. The first kappa shape index (κ1) is 46.3. The second kappa shape index (κ2) is 22.6. The first-order valence-corrected chi connectivity index (χ1v) is 18.9. The molecule has 5 rings (SSSR count). The molecule has 4 aromatic carbocycles. The lowest BCUT2D eigenvalue weighted by Crippen LogP contribution is -2.33. The van der Waals surface area contributed by atoms with Gasteiger partial charge in [0.25, 0.3) is 0 Å². The van der Waals surface area contributed by atoms with E-state index >= 15 is 0 Å². The van der Waals surface area contributed by atoms with Gasteiger partial charge >= 0.3 is 6.18 Å². The fourth-order valence-electron chi connectivity index (χ4n) is 5.16. The zero-order chi connectivity index (χ0) is 42.1. The first-order valence-electron chi connectivity index (χ1n) is 17.7. The summed E-state index contributed by atoms with van der Waals surface area (Å²) in [6.45, 7) is 4.98. The molecule has 9 nitrogen and oxygen atoms in total. The van der Waals surface area contributed by atoms with Gasteiger partial charge in [-0.2, -0.15) is 13.2 Å². The third-order valence-corrected chi connectivity index (χ3v) is 8.76. The maximum Gasteiger partial charge on any atom is 0.416 e. The summed E-state index contributed by atoms with van der Waals surface area (Å²) in [7, 11) is 0. The molecule has 0 aliphatic heterocycles. The highest BCUT2D eigenvalue weighted by Gasteiger charge is 2.29. The Morgan fingerprint density at radius 2 is 1.05 bits per heavy atom. The van der Waals surface area contributed by atoms with Crippen molar-refractivity contribution in [2.75, 3.05) is 22.5 Å². The topological polar surface area (TPSA) is 133 Å². The van der Waals surface area contributed by atoms with Crippen LogP contribution in [0.15, 0.2) is 78.9 Å². The van der Waals surface area contributed by atoms with Crippen molar-refractivity contribution in [2.45, 2.75) is 64.7 Å². The number of phenols is 3. The Bertz CT molecular complexity index is 1950. The molecule has 0 aromatic heterocycles. The summed E-state index contributed by atoms with van der Waals surface area (Å²) in [5.74, 6) is -2.63. The van der Waals surface area contributed by atoms with Gasteiger partial charge in [-0.05, 0) is 123 Å². The Labute approximate surface area is 343 Å². The first-order chi connectivity index (χ1) is 26.9. The minimum Gasteiger partial charge on any atom is -0.505 e. The number of benzene rings is 4. The van der Waals surface area contributed by atoms with E-state index in [4.69, 9.17) is 52.0 Å². The molecule has 308 valence electrons. The number of halogens is 6. The van der Waals surface area contributed by atoms with Crippen LogP contribution in [-0.2, 0) is 12.7 Å². The molecule has 4 aromatic rings. The van der Waals surface area contributed by atoms with Crippen molar-refractivity contribution in [3.05, 3.63) is 107 Å². The van der Waals surface area contributed by atoms with E-state index in [9.17, 15) is 26.3 Å². The maximum absolute atomic E-state index is 13.2. The van der Waals surface area contributed by atoms with E-state index in [2.05, 4.69) is 31.9 Å². The van der Waals surface area contributed by atoms with Gasteiger partial charge < -0.3 is 47.2 Å². The quantitative estimate of drug-likeness (QED) is 0.0475. The van der Waals surface area contributed by atoms with Crippen molar-refractivity contribution in [3.8, 4) is 17.2 Å². The van der Waals surface area contributed by atoms with E-state index in [1.165, 1.54) is 80.6 Å². The zero-order valence-electron chi connectivity index (χ0n) is 30.9. The smallest absolute Gasteiger partial charge is 0.416 e. The summed E-state index contributed by atoms with van der Waals surface area (Å²) in [4.78, 5) is 0. The Kier molecular flexibility index (Phi) is 18.4. The van der Waals surface area contributed by atoms with Gasteiger partial charge in [0.1, 0.15) is 0 Å². The van der Waals surface area contributed by atoms with E-state index in [1.54, 1.807) is 12.1 Å². The van der Waals surface area contributed by atoms with Crippen LogP contribution < -0.4 is 31.9 Å². The van der Waals surface area contributed by atoms with Gasteiger partial charge in [0.05, 0.1) is 5.56 Å². The molecule has 18 heteroatoms. The van der Waals surface area contributed by atoms with Crippen molar-refractivity contribution in [2.24, 2.45) is 5.92 Å². The predicted octanol–water partition coefficient (Wildman–Crippen LogP) is 9.66. The Balaban J connectivity index is 0.000000234. The molecule has 9 N–H and O–H groups in total. The molecule has 1 saturated carbocycles. The molecule has 0 atom stereocenters. The molecule has 1 aliphatic carbocycles. The average Bonchev–Trinajstić information content (AvgIpc) is 3.15. The van der Waals surface area contributed by atoms with E-state index < -0.39 is 34.9 Å². The number of rotatable bonds is 8. The number of alkyl halides is 3. The Morgan fingerprint density at radius 1 is 0.632 bits per heavy atom. The Hall–Kier alpha value is -5.07. The van der Waals surface area contributed by atoms with Gasteiger partial charge in [0, 0.05) is 54.4 Å². The standard InChI is InChI=1S/C15H12F4N2OS.C14H19FN2OS.C10H13FN2OS/c16-12-7-11(5-6-13(12)22)21-14(23)20-8-9-1-3-10(4-2-9)15(17,18)19;15-12-8-11(6-7-13(12)18)17-14(19)16-9-10-4-2-1-3-5-10;1-6(2)12-10(15)13-7-3-4-9(14)8(11)5-7/h1-7,22H,8H2,(H2,20,21,23);6-8,10,18H,1-5,9H2,(H2,16,17,19);3-6,14H,1-2H3,(H2,12,13,15). The Morgan fingerprint density at radius 3 is 1.46 bits per heavy atom. The summed E-state index contributed by atoms with van der Waals surface area (Å²) in [6.07, 6.45) is 2.08. The fraction of sp³-hybridized carbons (Fsp3) is 0.308. The van der Waals surface area contributed by atoms with E-state index in [-0.39, 0.29) is 29.2 Å². The average molecular weight is 855 g/mol. The third-order valence-electron chi connectivity index (χ3n) is 8.05. The fourth-order valence-corrected chi connectivity index (χ4v) is 5.90. The lowest BCUT2D eigenvalue weighted by atomic mass is 9.89. The molecule has 0 heterocycles. The lowest BCUT2D eigenvalue weighted by molar-refractivity contribution is -0.137. The number of hydrogen-bond acceptors (Lipinski definition) is 6. The molecule has 0 unspecified atom stereocenters. The molecular formula is C39H44F6N6O3S3. The molecule has 0 saturated heterocycles. The summed E-state index contributed by atoms with van der Waals surface area (Å²) >= 11 is 15.2. The van der Waals surface area contributed by atoms with E-state index in [0.717, 1.165) is 24.7 Å². The van der Waals surface area contributed by atoms with Gasteiger partial charge in [-0.25, -0.2) is 13.2 Å². The highest BCUT2D eigenvalue weighted by Crippen LogP contribution is 2.29.